The highest BCUT2D eigenvalue weighted by atomic mass is 32.2. The molecule has 1 unspecified atom stereocenters. The molecule has 2 aromatic carbocycles. The summed E-state index contributed by atoms with van der Waals surface area (Å²) in [5, 5.41) is 11.2. The number of nitrogens with zero attached hydrogens (tertiary/aromatic N) is 3. The number of pyridine rings is 1. The highest BCUT2D eigenvalue weighted by Crippen LogP contribution is 2.24. The zero-order valence-electron chi connectivity index (χ0n) is 17.9. The van der Waals surface area contributed by atoms with E-state index in [9.17, 15) is 13.2 Å². The van der Waals surface area contributed by atoms with Gasteiger partial charge in [-0.1, -0.05) is 30.3 Å². The molecule has 0 aliphatic heterocycles. The maximum atomic E-state index is 13.0. The Labute approximate surface area is 186 Å². The van der Waals surface area contributed by atoms with Crippen LogP contribution in [0.15, 0.2) is 71.8 Å². The van der Waals surface area contributed by atoms with E-state index in [-0.39, 0.29) is 16.1 Å². The van der Waals surface area contributed by atoms with Crippen molar-refractivity contribution < 1.29 is 13.2 Å². The summed E-state index contributed by atoms with van der Waals surface area (Å²) in [6, 6.07) is 16.8. The molecule has 4 rings (SSSR count). The number of amides is 1. The maximum absolute atomic E-state index is 13.0. The lowest BCUT2D eigenvalue weighted by Crippen LogP contribution is -2.29. The number of hydrogen-bond donors (Lipinski definition) is 2. The van der Waals surface area contributed by atoms with Gasteiger partial charge in [0.25, 0.3) is 15.9 Å². The zero-order chi connectivity index (χ0) is 22.9. The Hall–Kier alpha value is -3.72. The Morgan fingerprint density at radius 3 is 2.56 bits per heavy atom. The molecular formula is C23H23N5O3S. The normalized spacial score (nSPS) is 12.5. The zero-order valence-corrected chi connectivity index (χ0v) is 18.7. The van der Waals surface area contributed by atoms with Gasteiger partial charge in [-0.15, -0.1) is 10.2 Å². The molecule has 32 heavy (non-hydrogen) atoms. The van der Waals surface area contributed by atoms with Crippen LogP contribution in [0, 0.1) is 13.8 Å². The van der Waals surface area contributed by atoms with Crippen LogP contribution < -0.4 is 10.0 Å². The van der Waals surface area contributed by atoms with Crippen LogP contribution in [0.2, 0.25) is 0 Å². The average Bonchev–Trinajstić information content (AvgIpc) is 3.20. The number of fused-ring (bicyclic) bond motifs is 1. The second-order valence-corrected chi connectivity index (χ2v) is 9.25. The third-order valence-electron chi connectivity index (χ3n) is 5.12. The third-order valence-corrected chi connectivity index (χ3v) is 6.63. The Morgan fingerprint density at radius 1 is 1.00 bits per heavy atom. The molecule has 1 amide bonds. The number of anilines is 1. The fourth-order valence-corrected chi connectivity index (χ4v) is 4.87. The summed E-state index contributed by atoms with van der Waals surface area (Å²) in [7, 11) is -3.88. The van der Waals surface area contributed by atoms with E-state index in [4.69, 9.17) is 0 Å². The van der Waals surface area contributed by atoms with Gasteiger partial charge in [0.15, 0.2) is 11.5 Å². The number of aromatic nitrogens is 3. The van der Waals surface area contributed by atoms with E-state index in [1.165, 1.54) is 0 Å². The monoisotopic (exact) mass is 449 g/mol. The van der Waals surface area contributed by atoms with E-state index < -0.39 is 22.0 Å². The van der Waals surface area contributed by atoms with Crippen molar-refractivity contribution in [2.24, 2.45) is 0 Å². The van der Waals surface area contributed by atoms with E-state index in [2.05, 4.69) is 20.2 Å². The van der Waals surface area contributed by atoms with Crippen molar-refractivity contribution >= 4 is 27.3 Å². The summed E-state index contributed by atoms with van der Waals surface area (Å²) in [5.41, 5.74) is 2.53. The second kappa shape index (κ2) is 8.43. The summed E-state index contributed by atoms with van der Waals surface area (Å²) >= 11 is 0. The topological polar surface area (TPSA) is 105 Å². The molecule has 2 N–H and O–H groups in total. The molecule has 0 saturated heterocycles. The molecule has 0 saturated carbocycles. The van der Waals surface area contributed by atoms with Crippen LogP contribution in [0.1, 0.15) is 40.3 Å². The van der Waals surface area contributed by atoms with E-state index in [0.717, 1.165) is 5.56 Å². The first-order chi connectivity index (χ1) is 15.3. The number of rotatable bonds is 6. The first-order valence-electron chi connectivity index (χ1n) is 10.1. The fourth-order valence-electron chi connectivity index (χ4n) is 3.46. The van der Waals surface area contributed by atoms with Crippen LogP contribution in [0.25, 0.3) is 5.65 Å². The number of hydrogen-bond acceptors (Lipinski definition) is 5. The molecule has 4 aromatic rings. The first kappa shape index (κ1) is 21.5. The van der Waals surface area contributed by atoms with Crippen molar-refractivity contribution in [2.45, 2.75) is 31.7 Å². The van der Waals surface area contributed by atoms with E-state index in [0.29, 0.717) is 17.0 Å². The van der Waals surface area contributed by atoms with Gasteiger partial charge in [0.05, 0.1) is 22.2 Å². The Kier molecular flexibility index (Phi) is 5.67. The SMILES string of the molecule is Cc1ccc(C)c(S(=O)(=O)Nc2ccccc2C(=O)NC(C)c2nnc3ccccn23)c1. The largest absolute Gasteiger partial charge is 0.342 e. The predicted molar refractivity (Wildman–Crippen MR) is 122 cm³/mol. The molecule has 0 aliphatic carbocycles. The van der Waals surface area contributed by atoms with Crippen molar-refractivity contribution in [3.63, 3.8) is 0 Å². The number of benzene rings is 2. The van der Waals surface area contributed by atoms with Gasteiger partial charge in [0.2, 0.25) is 0 Å². The minimum absolute atomic E-state index is 0.177. The van der Waals surface area contributed by atoms with Crippen molar-refractivity contribution in [1.29, 1.82) is 0 Å². The van der Waals surface area contributed by atoms with Gasteiger partial charge in [-0.25, -0.2) is 8.42 Å². The summed E-state index contributed by atoms with van der Waals surface area (Å²) in [5.74, 6) is 0.145. The minimum Gasteiger partial charge on any atom is -0.342 e. The number of carbonyl (C=O) groups is 1. The molecule has 164 valence electrons. The van der Waals surface area contributed by atoms with Gasteiger partial charge in [-0.3, -0.25) is 13.9 Å². The number of carbonyl (C=O) groups excluding carboxylic acids is 1. The molecule has 0 bridgehead atoms. The second-order valence-electron chi connectivity index (χ2n) is 7.60. The molecule has 0 aliphatic rings. The van der Waals surface area contributed by atoms with Crippen molar-refractivity contribution in [3.8, 4) is 0 Å². The Morgan fingerprint density at radius 2 is 1.75 bits per heavy atom. The van der Waals surface area contributed by atoms with Gasteiger partial charge in [-0.05, 0) is 62.2 Å². The van der Waals surface area contributed by atoms with Crippen LogP contribution in [0.3, 0.4) is 0 Å². The molecule has 0 radical (unpaired) electrons. The quantitative estimate of drug-likeness (QED) is 0.468. The molecule has 8 nitrogen and oxygen atoms in total. The van der Waals surface area contributed by atoms with Crippen LogP contribution >= 0.6 is 0 Å². The van der Waals surface area contributed by atoms with E-state index in [1.807, 2.05) is 37.4 Å². The molecule has 9 heteroatoms. The highest BCUT2D eigenvalue weighted by molar-refractivity contribution is 7.92. The molecule has 1 atom stereocenters. The molecular weight excluding hydrogens is 426 g/mol. The number of sulfonamides is 1. The first-order valence-corrected chi connectivity index (χ1v) is 11.5. The molecule has 0 spiro atoms. The smallest absolute Gasteiger partial charge is 0.262 e. The fraction of sp³-hybridized carbons (Fsp3) is 0.174. The lowest BCUT2D eigenvalue weighted by atomic mass is 10.1. The van der Waals surface area contributed by atoms with Gasteiger partial charge in [0, 0.05) is 6.20 Å². The van der Waals surface area contributed by atoms with Gasteiger partial charge in [0.1, 0.15) is 0 Å². The van der Waals surface area contributed by atoms with E-state index >= 15 is 0 Å². The van der Waals surface area contributed by atoms with Gasteiger partial charge in [-0.2, -0.15) is 0 Å². The molecule has 2 aromatic heterocycles. The summed E-state index contributed by atoms with van der Waals surface area (Å²) < 4.78 is 30.4. The third kappa shape index (κ3) is 4.19. The molecule has 0 fully saturated rings. The molecule has 2 heterocycles. The summed E-state index contributed by atoms with van der Waals surface area (Å²) in [4.78, 5) is 13.2. The summed E-state index contributed by atoms with van der Waals surface area (Å²) in [6.07, 6.45) is 1.82. The maximum Gasteiger partial charge on any atom is 0.262 e. The Balaban J connectivity index is 1.60. The van der Waals surface area contributed by atoms with Gasteiger partial charge >= 0.3 is 0 Å². The van der Waals surface area contributed by atoms with Crippen LogP contribution in [-0.4, -0.2) is 28.9 Å². The van der Waals surface area contributed by atoms with Crippen molar-refractivity contribution in [2.75, 3.05) is 4.72 Å². The number of para-hydroxylation sites is 1. The summed E-state index contributed by atoms with van der Waals surface area (Å²) in [6.45, 7) is 5.36. The van der Waals surface area contributed by atoms with Crippen molar-refractivity contribution in [3.05, 3.63) is 89.4 Å². The standard InChI is InChI=1S/C23H23N5O3S/c1-15-11-12-16(2)20(14-15)32(30,31)27-19-9-5-4-8-18(19)23(29)24-17(3)22-26-25-21-10-6-7-13-28(21)22/h4-14,17,27H,1-3H3,(H,24,29). The average molecular weight is 450 g/mol. The van der Waals surface area contributed by atoms with E-state index in [1.54, 1.807) is 54.6 Å². The predicted octanol–water partition coefficient (Wildman–Crippen LogP) is 3.64. The van der Waals surface area contributed by atoms with Crippen LogP contribution in [0.4, 0.5) is 5.69 Å². The van der Waals surface area contributed by atoms with Crippen LogP contribution in [-0.2, 0) is 10.0 Å². The highest BCUT2D eigenvalue weighted by Gasteiger charge is 2.22. The van der Waals surface area contributed by atoms with Crippen LogP contribution in [0.5, 0.6) is 0 Å². The number of aryl methyl sites for hydroxylation is 2. The van der Waals surface area contributed by atoms with Gasteiger partial charge < -0.3 is 5.32 Å². The lowest BCUT2D eigenvalue weighted by molar-refractivity contribution is 0.0939. The Bertz CT molecular complexity index is 1410. The lowest BCUT2D eigenvalue weighted by Gasteiger charge is -2.16. The number of nitrogens with one attached hydrogen (secondary N) is 2. The minimum atomic E-state index is -3.88. The van der Waals surface area contributed by atoms with Crippen molar-refractivity contribution in [1.82, 2.24) is 19.9 Å².